The third-order valence-corrected chi connectivity index (χ3v) is 0.937. The van der Waals surface area contributed by atoms with E-state index >= 15 is 0 Å². The van der Waals surface area contributed by atoms with Gasteiger partial charge in [0.2, 0.25) is 5.91 Å². The predicted molar refractivity (Wildman–Crippen MR) is 42.8 cm³/mol. The molecular formula is C7H12N2O3. The second-order valence-corrected chi connectivity index (χ2v) is 2.15. The van der Waals surface area contributed by atoms with Gasteiger partial charge in [-0.25, -0.2) is 0 Å². The number of ether oxygens (including phenoxy) is 1. The molecule has 1 amide bonds. The van der Waals surface area contributed by atoms with Crippen molar-refractivity contribution in [3.05, 3.63) is 0 Å². The van der Waals surface area contributed by atoms with E-state index in [2.05, 4.69) is 10.1 Å². The highest BCUT2D eigenvalue weighted by Crippen LogP contribution is 1.85. The van der Waals surface area contributed by atoms with Gasteiger partial charge in [0.15, 0.2) is 0 Å². The van der Waals surface area contributed by atoms with E-state index in [1.54, 1.807) is 6.92 Å². The largest absolute Gasteiger partial charge is 0.466 e. The Hall–Kier alpha value is -1.39. The third-order valence-electron chi connectivity index (χ3n) is 0.937. The van der Waals surface area contributed by atoms with Crippen LogP contribution in [0.4, 0.5) is 0 Å². The fourth-order valence-electron chi connectivity index (χ4n) is 0.596. The lowest BCUT2D eigenvalue weighted by molar-refractivity contribution is -0.145. The maximum Gasteiger partial charge on any atom is 0.315 e. The van der Waals surface area contributed by atoms with Crippen LogP contribution in [0.15, 0.2) is 0 Å². The second-order valence-electron chi connectivity index (χ2n) is 2.15. The van der Waals surface area contributed by atoms with Crippen LogP contribution in [0.5, 0.6) is 0 Å². The van der Waals surface area contributed by atoms with Crippen molar-refractivity contribution in [1.82, 2.24) is 5.32 Å². The Labute approximate surface area is 70.6 Å². The van der Waals surface area contributed by atoms with Crippen LogP contribution < -0.4 is 5.32 Å². The maximum absolute atomic E-state index is 10.8. The first kappa shape index (κ1) is 10.6. The van der Waals surface area contributed by atoms with Crippen molar-refractivity contribution >= 4 is 17.7 Å². The van der Waals surface area contributed by atoms with Crippen molar-refractivity contribution in [3.8, 4) is 0 Å². The summed E-state index contributed by atoms with van der Waals surface area (Å²) in [6.07, 6.45) is -0.329. The summed E-state index contributed by atoms with van der Waals surface area (Å²) in [5.41, 5.74) is 0. The SMILES string of the molecule is CCOC(=O)CC(=O)NC(C)=N. The number of amidine groups is 1. The molecule has 0 fully saturated rings. The Balaban J connectivity index is 3.69. The molecule has 0 aliphatic rings. The molecule has 0 aromatic heterocycles. The zero-order chi connectivity index (χ0) is 9.56. The minimum Gasteiger partial charge on any atom is -0.466 e. The van der Waals surface area contributed by atoms with Gasteiger partial charge in [0.25, 0.3) is 0 Å². The van der Waals surface area contributed by atoms with Gasteiger partial charge in [0.05, 0.1) is 12.4 Å². The van der Waals surface area contributed by atoms with Crippen molar-refractivity contribution in [1.29, 1.82) is 5.41 Å². The Morgan fingerprint density at radius 2 is 2.08 bits per heavy atom. The van der Waals surface area contributed by atoms with Gasteiger partial charge in [-0.3, -0.25) is 15.0 Å². The van der Waals surface area contributed by atoms with Crippen LogP contribution in [0.25, 0.3) is 0 Å². The van der Waals surface area contributed by atoms with Gasteiger partial charge >= 0.3 is 5.97 Å². The first-order valence-corrected chi connectivity index (χ1v) is 3.57. The molecule has 0 rings (SSSR count). The molecule has 12 heavy (non-hydrogen) atoms. The van der Waals surface area contributed by atoms with Crippen LogP contribution in [0, 0.1) is 5.41 Å². The van der Waals surface area contributed by atoms with Gasteiger partial charge in [-0.2, -0.15) is 0 Å². The minimum absolute atomic E-state index is 0.0179. The van der Waals surface area contributed by atoms with Crippen molar-refractivity contribution in [2.24, 2.45) is 0 Å². The van der Waals surface area contributed by atoms with E-state index in [4.69, 9.17) is 5.41 Å². The Bertz CT molecular complexity index is 201. The number of amides is 1. The van der Waals surface area contributed by atoms with E-state index in [0.29, 0.717) is 0 Å². The standard InChI is InChI=1S/C7H12N2O3/c1-3-12-7(11)4-6(10)9-5(2)8/h3-4H2,1-2H3,(H2,8,9,10). The summed E-state index contributed by atoms with van der Waals surface area (Å²) in [6.45, 7) is 3.34. The molecular weight excluding hydrogens is 160 g/mol. The molecule has 0 aliphatic carbocycles. The van der Waals surface area contributed by atoms with E-state index in [1.807, 2.05) is 0 Å². The number of carbonyl (C=O) groups is 2. The van der Waals surface area contributed by atoms with Crippen LogP contribution >= 0.6 is 0 Å². The fraction of sp³-hybridized carbons (Fsp3) is 0.571. The molecule has 0 radical (unpaired) electrons. The average Bonchev–Trinajstić information content (AvgIpc) is 1.84. The van der Waals surface area contributed by atoms with Crippen LogP contribution in [-0.2, 0) is 14.3 Å². The molecule has 5 nitrogen and oxygen atoms in total. The molecule has 0 saturated carbocycles. The van der Waals surface area contributed by atoms with E-state index in [-0.39, 0.29) is 18.9 Å². The zero-order valence-corrected chi connectivity index (χ0v) is 7.14. The molecule has 0 unspecified atom stereocenters. The number of nitrogens with one attached hydrogen (secondary N) is 2. The van der Waals surface area contributed by atoms with Crippen LogP contribution in [0.1, 0.15) is 20.3 Å². The average molecular weight is 172 g/mol. The van der Waals surface area contributed by atoms with Gasteiger partial charge in [0, 0.05) is 0 Å². The molecule has 0 atom stereocenters. The van der Waals surface area contributed by atoms with E-state index in [0.717, 1.165) is 0 Å². The summed E-state index contributed by atoms with van der Waals surface area (Å²) >= 11 is 0. The Kier molecular flexibility index (Phi) is 4.67. The van der Waals surface area contributed by atoms with Crippen molar-refractivity contribution < 1.29 is 14.3 Å². The van der Waals surface area contributed by atoms with Crippen LogP contribution in [-0.4, -0.2) is 24.3 Å². The first-order chi connectivity index (χ1) is 5.56. The number of esters is 1. The highest BCUT2D eigenvalue weighted by atomic mass is 16.5. The lowest BCUT2D eigenvalue weighted by Crippen LogP contribution is -2.29. The van der Waals surface area contributed by atoms with Gasteiger partial charge < -0.3 is 10.1 Å². The summed E-state index contributed by atoms with van der Waals surface area (Å²) in [5.74, 6) is -1.07. The number of carbonyl (C=O) groups excluding carboxylic acids is 2. The van der Waals surface area contributed by atoms with Crippen molar-refractivity contribution in [2.45, 2.75) is 20.3 Å². The Morgan fingerprint density at radius 1 is 1.50 bits per heavy atom. The summed E-state index contributed by atoms with van der Waals surface area (Å²) in [5, 5.41) is 9.06. The smallest absolute Gasteiger partial charge is 0.315 e. The van der Waals surface area contributed by atoms with Crippen molar-refractivity contribution in [3.63, 3.8) is 0 Å². The van der Waals surface area contributed by atoms with E-state index in [1.165, 1.54) is 6.92 Å². The van der Waals surface area contributed by atoms with Gasteiger partial charge in [0.1, 0.15) is 6.42 Å². The molecule has 0 bridgehead atoms. The topological polar surface area (TPSA) is 79.2 Å². The number of rotatable bonds is 3. The predicted octanol–water partition coefficient (Wildman–Crippen LogP) is 0.0530. The molecule has 0 saturated heterocycles. The molecule has 2 N–H and O–H groups in total. The quantitative estimate of drug-likeness (QED) is 0.273. The van der Waals surface area contributed by atoms with Gasteiger partial charge in [-0.05, 0) is 13.8 Å². The van der Waals surface area contributed by atoms with Crippen LogP contribution in [0.2, 0.25) is 0 Å². The first-order valence-electron chi connectivity index (χ1n) is 3.57. The lowest BCUT2D eigenvalue weighted by Gasteiger charge is -2.01. The highest BCUT2D eigenvalue weighted by molar-refractivity contribution is 6.02. The lowest BCUT2D eigenvalue weighted by atomic mass is 10.4. The van der Waals surface area contributed by atoms with E-state index < -0.39 is 11.9 Å². The number of hydrogen-bond donors (Lipinski definition) is 2. The van der Waals surface area contributed by atoms with E-state index in [9.17, 15) is 9.59 Å². The maximum atomic E-state index is 10.8. The second kappa shape index (κ2) is 5.29. The minimum atomic E-state index is -0.573. The molecule has 0 aromatic carbocycles. The number of hydrogen-bond acceptors (Lipinski definition) is 4. The normalized spacial score (nSPS) is 8.83. The fourth-order valence-corrected chi connectivity index (χ4v) is 0.596. The summed E-state index contributed by atoms with van der Waals surface area (Å²) in [7, 11) is 0. The van der Waals surface area contributed by atoms with Gasteiger partial charge in [-0.1, -0.05) is 0 Å². The Morgan fingerprint density at radius 3 is 2.50 bits per heavy atom. The summed E-state index contributed by atoms with van der Waals surface area (Å²) < 4.78 is 4.52. The van der Waals surface area contributed by atoms with Crippen molar-refractivity contribution in [2.75, 3.05) is 6.61 Å². The van der Waals surface area contributed by atoms with Gasteiger partial charge in [-0.15, -0.1) is 0 Å². The molecule has 5 heteroatoms. The summed E-state index contributed by atoms with van der Waals surface area (Å²) in [4.78, 5) is 21.5. The summed E-state index contributed by atoms with van der Waals surface area (Å²) in [6, 6.07) is 0. The molecule has 0 aromatic rings. The third kappa shape index (κ3) is 5.40. The zero-order valence-electron chi connectivity index (χ0n) is 7.14. The monoisotopic (exact) mass is 172 g/mol. The highest BCUT2D eigenvalue weighted by Gasteiger charge is 2.09. The molecule has 68 valence electrons. The molecule has 0 aliphatic heterocycles. The van der Waals surface area contributed by atoms with Crippen LogP contribution in [0.3, 0.4) is 0 Å². The molecule has 0 spiro atoms. The molecule has 0 heterocycles.